The summed E-state index contributed by atoms with van der Waals surface area (Å²) < 4.78 is 2.40. The van der Waals surface area contributed by atoms with Crippen molar-refractivity contribution >= 4 is 47.8 Å². The molecule has 0 heterocycles. The smallest absolute Gasteiger partial charge is 0.0406 e. The van der Waals surface area contributed by atoms with E-state index in [1.165, 1.54) is 58.6 Å². The van der Waals surface area contributed by atoms with Gasteiger partial charge in [-0.05, 0) is 36.6 Å². The normalized spacial score (nSPS) is 12.7. The minimum absolute atomic E-state index is 0.449. The van der Waals surface area contributed by atoms with Gasteiger partial charge in [-0.3, -0.25) is 0 Å². The Bertz CT molecular complexity index is 374. The number of rotatable bonds is 7. The summed E-state index contributed by atoms with van der Waals surface area (Å²) in [6, 6.07) is 4.41. The Balaban J connectivity index is 2.51. The van der Waals surface area contributed by atoms with Gasteiger partial charge in [-0.1, -0.05) is 86.8 Å². The van der Waals surface area contributed by atoms with Gasteiger partial charge in [0.1, 0.15) is 0 Å². The van der Waals surface area contributed by atoms with E-state index in [4.69, 9.17) is 0 Å². The molecule has 0 amide bonds. The van der Waals surface area contributed by atoms with Gasteiger partial charge in [0.25, 0.3) is 0 Å². The third-order valence-corrected chi connectivity index (χ3v) is 5.67. The predicted molar refractivity (Wildman–Crippen MR) is 91.6 cm³/mol. The van der Waals surface area contributed by atoms with Crippen molar-refractivity contribution in [1.29, 1.82) is 0 Å². The van der Waals surface area contributed by atoms with E-state index in [1.54, 1.807) is 0 Å². The lowest BCUT2D eigenvalue weighted by Gasteiger charge is -2.14. The summed E-state index contributed by atoms with van der Waals surface area (Å²) in [5.74, 6) is 0. The zero-order valence-electron chi connectivity index (χ0n) is 11.1. The number of unbranched alkanes of at least 4 members (excludes halogenated alkanes) is 4. The van der Waals surface area contributed by atoms with Gasteiger partial charge in [0.15, 0.2) is 0 Å². The van der Waals surface area contributed by atoms with E-state index >= 15 is 0 Å². The van der Waals surface area contributed by atoms with E-state index in [2.05, 4.69) is 73.8 Å². The van der Waals surface area contributed by atoms with Crippen molar-refractivity contribution < 1.29 is 0 Å². The number of hydrogen-bond donors (Lipinski definition) is 0. The number of alkyl halides is 1. The molecule has 0 aliphatic rings. The highest BCUT2D eigenvalue weighted by Gasteiger charge is 2.12. The Hall–Kier alpha value is 0.660. The number of benzene rings is 1. The van der Waals surface area contributed by atoms with Crippen LogP contribution in [0.1, 0.15) is 61.4 Å². The highest BCUT2D eigenvalue weighted by atomic mass is 79.9. The molecular formula is C15H21Br3. The SMILES string of the molecule is CCCCCCCC(Br)c1cc(Br)c(C)cc1Br. The van der Waals surface area contributed by atoms with Crippen LogP contribution in [-0.2, 0) is 0 Å². The van der Waals surface area contributed by atoms with Crippen LogP contribution in [0, 0.1) is 6.92 Å². The largest absolute Gasteiger partial charge is 0.0838 e. The summed E-state index contributed by atoms with van der Waals surface area (Å²) in [5, 5.41) is 0. The lowest BCUT2D eigenvalue weighted by Crippen LogP contribution is -1.94. The second-order valence-electron chi connectivity index (χ2n) is 4.79. The number of aryl methyl sites for hydroxylation is 1. The van der Waals surface area contributed by atoms with Crippen molar-refractivity contribution in [1.82, 2.24) is 0 Å². The molecule has 0 radical (unpaired) electrons. The monoisotopic (exact) mass is 438 g/mol. The Morgan fingerprint density at radius 3 is 2.33 bits per heavy atom. The van der Waals surface area contributed by atoms with Crippen LogP contribution in [0.25, 0.3) is 0 Å². The summed E-state index contributed by atoms with van der Waals surface area (Å²) in [6.45, 7) is 4.38. The quantitative estimate of drug-likeness (QED) is 0.308. The molecule has 102 valence electrons. The third-order valence-electron chi connectivity index (χ3n) is 3.18. The van der Waals surface area contributed by atoms with Crippen molar-refractivity contribution in [2.45, 2.75) is 57.2 Å². The molecule has 1 aromatic rings. The molecule has 0 fully saturated rings. The van der Waals surface area contributed by atoms with Crippen LogP contribution < -0.4 is 0 Å². The Kier molecular flexibility index (Phi) is 8.13. The molecule has 0 saturated carbocycles. The molecule has 1 rings (SSSR count). The maximum absolute atomic E-state index is 3.81. The topological polar surface area (TPSA) is 0 Å². The number of halogens is 3. The molecule has 3 heteroatoms. The van der Waals surface area contributed by atoms with Crippen LogP contribution in [0.2, 0.25) is 0 Å². The fourth-order valence-electron chi connectivity index (χ4n) is 1.98. The predicted octanol–water partition coefficient (Wildman–Crippen LogP) is 7.32. The second-order valence-corrected chi connectivity index (χ2v) is 7.61. The Labute approximate surface area is 136 Å². The van der Waals surface area contributed by atoms with E-state index in [0.717, 1.165) is 0 Å². The van der Waals surface area contributed by atoms with Gasteiger partial charge in [0.2, 0.25) is 0 Å². The summed E-state index contributed by atoms with van der Waals surface area (Å²) in [5.41, 5.74) is 2.62. The van der Waals surface area contributed by atoms with Crippen LogP contribution >= 0.6 is 47.8 Å². The van der Waals surface area contributed by atoms with Crippen molar-refractivity contribution in [3.05, 3.63) is 32.2 Å². The van der Waals surface area contributed by atoms with Crippen LogP contribution in [0.4, 0.5) is 0 Å². The fraction of sp³-hybridized carbons (Fsp3) is 0.600. The maximum Gasteiger partial charge on any atom is 0.0406 e. The molecule has 0 aromatic heterocycles. The molecule has 0 saturated heterocycles. The molecule has 1 aromatic carbocycles. The molecule has 0 aliphatic carbocycles. The first kappa shape index (κ1) is 16.7. The van der Waals surface area contributed by atoms with Crippen molar-refractivity contribution in [2.24, 2.45) is 0 Å². The van der Waals surface area contributed by atoms with Gasteiger partial charge >= 0.3 is 0 Å². The van der Waals surface area contributed by atoms with Gasteiger partial charge in [-0.25, -0.2) is 0 Å². The Morgan fingerprint density at radius 2 is 1.67 bits per heavy atom. The lowest BCUT2D eigenvalue weighted by atomic mass is 10.0. The molecule has 0 bridgehead atoms. The van der Waals surface area contributed by atoms with Gasteiger partial charge in [-0.15, -0.1) is 0 Å². The molecule has 0 N–H and O–H groups in total. The van der Waals surface area contributed by atoms with Crippen LogP contribution in [0.3, 0.4) is 0 Å². The summed E-state index contributed by atoms with van der Waals surface area (Å²) >= 11 is 11.1. The third kappa shape index (κ3) is 5.34. The van der Waals surface area contributed by atoms with Gasteiger partial charge < -0.3 is 0 Å². The maximum atomic E-state index is 3.81. The van der Waals surface area contributed by atoms with Crippen LogP contribution in [-0.4, -0.2) is 0 Å². The van der Waals surface area contributed by atoms with E-state index in [9.17, 15) is 0 Å². The van der Waals surface area contributed by atoms with Crippen LogP contribution in [0.15, 0.2) is 21.1 Å². The molecule has 1 unspecified atom stereocenters. The average molecular weight is 441 g/mol. The molecule has 1 atom stereocenters. The molecule has 0 nitrogen and oxygen atoms in total. The Morgan fingerprint density at radius 1 is 1.00 bits per heavy atom. The first-order chi connectivity index (χ1) is 8.56. The van der Waals surface area contributed by atoms with Crippen molar-refractivity contribution in [3.63, 3.8) is 0 Å². The minimum atomic E-state index is 0.449. The standard InChI is InChI=1S/C15H21Br3/c1-3-4-5-6-7-8-13(16)12-10-14(17)11(2)9-15(12)18/h9-10,13H,3-8H2,1-2H3. The van der Waals surface area contributed by atoms with Crippen molar-refractivity contribution in [3.8, 4) is 0 Å². The van der Waals surface area contributed by atoms with Crippen molar-refractivity contribution in [2.75, 3.05) is 0 Å². The molecular weight excluding hydrogens is 420 g/mol. The first-order valence-electron chi connectivity index (χ1n) is 6.65. The second kappa shape index (κ2) is 8.76. The van der Waals surface area contributed by atoms with E-state index in [-0.39, 0.29) is 0 Å². The van der Waals surface area contributed by atoms with E-state index in [0.29, 0.717) is 4.83 Å². The fourth-order valence-corrected chi connectivity index (χ4v) is 4.09. The number of hydrogen-bond acceptors (Lipinski definition) is 0. The minimum Gasteiger partial charge on any atom is -0.0838 e. The van der Waals surface area contributed by atoms with E-state index in [1.807, 2.05) is 0 Å². The highest BCUT2D eigenvalue weighted by molar-refractivity contribution is 9.11. The zero-order valence-corrected chi connectivity index (χ0v) is 15.9. The summed E-state index contributed by atoms with van der Waals surface area (Å²) in [6.07, 6.45) is 7.90. The van der Waals surface area contributed by atoms with Crippen LogP contribution in [0.5, 0.6) is 0 Å². The summed E-state index contributed by atoms with van der Waals surface area (Å²) in [7, 11) is 0. The first-order valence-corrected chi connectivity index (χ1v) is 9.16. The zero-order chi connectivity index (χ0) is 13.5. The molecule has 0 aliphatic heterocycles. The average Bonchev–Trinajstić information content (AvgIpc) is 2.33. The highest BCUT2D eigenvalue weighted by Crippen LogP contribution is 2.36. The summed E-state index contributed by atoms with van der Waals surface area (Å²) in [4.78, 5) is 0.449. The van der Waals surface area contributed by atoms with Gasteiger partial charge in [-0.2, -0.15) is 0 Å². The van der Waals surface area contributed by atoms with Gasteiger partial charge in [0.05, 0.1) is 0 Å². The lowest BCUT2D eigenvalue weighted by molar-refractivity contribution is 0.605. The molecule has 0 spiro atoms. The van der Waals surface area contributed by atoms with Gasteiger partial charge in [0, 0.05) is 13.8 Å². The molecule has 18 heavy (non-hydrogen) atoms. The van der Waals surface area contributed by atoms with E-state index < -0.39 is 0 Å².